The molecule has 0 aliphatic carbocycles. The molecule has 11 heteroatoms. The molecule has 2 aromatic heterocycles. The Hall–Kier alpha value is -1.33. The average Bonchev–Trinajstić information content (AvgIpc) is 3.12. The third-order valence-electron chi connectivity index (χ3n) is 3.48. The molecule has 0 radical (unpaired) electrons. The summed E-state index contributed by atoms with van der Waals surface area (Å²) in [5.74, 6) is 0.469. The summed E-state index contributed by atoms with van der Waals surface area (Å²) in [4.78, 5) is 12.2. The molecule has 0 saturated carbocycles. The second-order valence-electron chi connectivity index (χ2n) is 4.63. The summed E-state index contributed by atoms with van der Waals surface area (Å²) in [5.41, 5.74) is 6.72. The van der Waals surface area contributed by atoms with Crippen molar-refractivity contribution in [3.05, 3.63) is 12.7 Å². The Morgan fingerprint density at radius 1 is 1.33 bits per heavy atom. The van der Waals surface area contributed by atoms with Crippen LogP contribution in [0.2, 0.25) is 0 Å². The molecule has 2 aliphatic rings. The number of hydrogen-bond donors (Lipinski definition) is 1. The first kappa shape index (κ1) is 13.3. The van der Waals surface area contributed by atoms with E-state index in [4.69, 9.17) is 30.4 Å². The summed E-state index contributed by atoms with van der Waals surface area (Å²) in [6.45, 7) is 0. The summed E-state index contributed by atoms with van der Waals surface area (Å²) in [6.07, 6.45) is 0.798. The van der Waals surface area contributed by atoms with E-state index in [1.165, 1.54) is 12.7 Å². The zero-order valence-corrected chi connectivity index (χ0v) is 12.0. The number of rotatable bonds is 2. The van der Waals surface area contributed by atoms with Gasteiger partial charge < -0.3 is 10.5 Å². The zero-order valence-electron chi connectivity index (χ0n) is 10.5. The fraction of sp³-hybridized carbons (Fsp3) is 0.500. The van der Waals surface area contributed by atoms with Gasteiger partial charge in [-0.3, -0.25) is 12.9 Å². The van der Waals surface area contributed by atoms with Gasteiger partial charge in [0.25, 0.3) is 0 Å². The fourth-order valence-corrected chi connectivity index (χ4v) is 3.63. The number of halogens is 1. The molecule has 4 rings (SSSR count). The van der Waals surface area contributed by atoms with Crippen LogP contribution in [0.3, 0.4) is 0 Å². The molecule has 2 fully saturated rings. The van der Waals surface area contributed by atoms with E-state index in [-0.39, 0.29) is 11.7 Å². The molecule has 9 nitrogen and oxygen atoms in total. The summed E-state index contributed by atoms with van der Waals surface area (Å²) in [6, 6.07) is 0. The Labute approximate surface area is 126 Å². The van der Waals surface area contributed by atoms with Gasteiger partial charge in [-0.05, 0) is 0 Å². The molecule has 2 saturated heterocycles. The largest absolute Gasteiger partial charge is 0.382 e. The van der Waals surface area contributed by atoms with Crippen LogP contribution in [0.15, 0.2) is 12.7 Å². The van der Waals surface area contributed by atoms with Crippen LogP contribution in [0, 0.1) is 0 Å². The number of aromatic nitrogens is 4. The van der Waals surface area contributed by atoms with Crippen LogP contribution >= 0.6 is 11.6 Å². The minimum absolute atomic E-state index is 0.196. The molecule has 0 spiro atoms. The smallest absolute Gasteiger partial charge is 0.305 e. The average molecular weight is 332 g/mol. The van der Waals surface area contributed by atoms with Gasteiger partial charge in [-0.1, -0.05) is 0 Å². The molecule has 0 aromatic carbocycles. The maximum absolute atomic E-state index is 11.4. The van der Waals surface area contributed by atoms with Gasteiger partial charge in [0.15, 0.2) is 23.8 Å². The number of nitrogens with zero attached hydrogens (tertiary/aromatic N) is 4. The summed E-state index contributed by atoms with van der Waals surface area (Å²) in [5, 5.41) is 0. The highest BCUT2D eigenvalue weighted by atomic mass is 35.5. The predicted octanol–water partition coefficient (Wildman–Crippen LogP) is -0.0926. The van der Waals surface area contributed by atoms with Gasteiger partial charge in [-0.25, -0.2) is 15.0 Å². The SMILES string of the molecule is Nc1ncnc2c1ncn2[C@@H]1O[C@H](CCl)[C@H]2OS(=O)O[C@H]21. The normalized spacial score (nSPS) is 35.4. The van der Waals surface area contributed by atoms with E-state index >= 15 is 0 Å². The van der Waals surface area contributed by atoms with E-state index in [9.17, 15) is 4.21 Å². The number of imidazole rings is 1. The van der Waals surface area contributed by atoms with E-state index in [0.29, 0.717) is 11.2 Å². The Bertz CT molecular complexity index is 727. The molecular formula is C10H10ClN5O4S. The first-order chi connectivity index (χ1) is 10.2. The lowest BCUT2D eigenvalue weighted by atomic mass is 10.1. The van der Waals surface area contributed by atoms with Gasteiger partial charge >= 0.3 is 11.4 Å². The van der Waals surface area contributed by atoms with Crippen molar-refractivity contribution in [2.24, 2.45) is 0 Å². The third kappa shape index (κ3) is 1.94. The van der Waals surface area contributed by atoms with Crippen molar-refractivity contribution in [3.8, 4) is 0 Å². The number of hydrogen-bond acceptors (Lipinski definition) is 8. The lowest BCUT2D eigenvalue weighted by molar-refractivity contribution is -0.0246. The quantitative estimate of drug-likeness (QED) is 0.759. The van der Waals surface area contributed by atoms with E-state index in [1.807, 2.05) is 0 Å². The number of nitrogen functional groups attached to an aromatic ring is 1. The van der Waals surface area contributed by atoms with Crippen molar-refractivity contribution in [3.63, 3.8) is 0 Å². The second-order valence-corrected chi connectivity index (χ2v) is 5.73. The molecule has 112 valence electrons. The molecule has 2 aromatic rings. The van der Waals surface area contributed by atoms with Crippen molar-refractivity contribution >= 4 is 39.9 Å². The lowest BCUT2D eigenvalue weighted by Crippen LogP contribution is -2.29. The van der Waals surface area contributed by atoms with Gasteiger partial charge in [0.1, 0.15) is 24.1 Å². The highest BCUT2D eigenvalue weighted by molar-refractivity contribution is 7.75. The van der Waals surface area contributed by atoms with Crippen molar-refractivity contribution < 1.29 is 17.3 Å². The van der Waals surface area contributed by atoms with E-state index in [2.05, 4.69) is 15.0 Å². The van der Waals surface area contributed by atoms with Crippen LogP contribution in [0.5, 0.6) is 0 Å². The standard InChI is InChI=1S/C10H10ClN5O4S/c11-1-4-6-7(20-21(17)19-6)10(18-4)16-3-15-5-8(12)13-2-14-9(5)16/h2-4,6-7,10H,1H2,(H2,12,13,14)/t4-,6-,7-,10-,21?/m1/s1. The van der Waals surface area contributed by atoms with Crippen LogP contribution in [0.1, 0.15) is 6.23 Å². The molecular weight excluding hydrogens is 322 g/mol. The summed E-state index contributed by atoms with van der Waals surface area (Å²) < 4.78 is 29.4. The van der Waals surface area contributed by atoms with Gasteiger partial charge in [0.2, 0.25) is 0 Å². The fourth-order valence-electron chi connectivity index (χ4n) is 2.54. The van der Waals surface area contributed by atoms with Crippen molar-refractivity contribution in [1.82, 2.24) is 19.5 Å². The maximum Gasteiger partial charge on any atom is 0.305 e. The number of fused-ring (bicyclic) bond motifs is 2. The van der Waals surface area contributed by atoms with Crippen LogP contribution in [0.25, 0.3) is 11.2 Å². The highest BCUT2D eigenvalue weighted by Crippen LogP contribution is 2.40. The van der Waals surface area contributed by atoms with Gasteiger partial charge in [0.05, 0.1) is 12.2 Å². The molecule has 2 N–H and O–H groups in total. The van der Waals surface area contributed by atoms with Crippen LogP contribution in [0.4, 0.5) is 5.82 Å². The Balaban J connectivity index is 1.78. The minimum Gasteiger partial charge on any atom is -0.382 e. The van der Waals surface area contributed by atoms with Crippen molar-refractivity contribution in [2.45, 2.75) is 24.5 Å². The Kier molecular flexibility index (Phi) is 3.08. The first-order valence-corrected chi connectivity index (χ1v) is 7.63. The topological polar surface area (TPSA) is 114 Å². The third-order valence-corrected chi connectivity index (χ3v) is 4.54. The lowest BCUT2D eigenvalue weighted by Gasteiger charge is -2.17. The van der Waals surface area contributed by atoms with Crippen LogP contribution < -0.4 is 5.73 Å². The predicted molar refractivity (Wildman–Crippen MR) is 72.3 cm³/mol. The summed E-state index contributed by atoms with van der Waals surface area (Å²) in [7, 11) is 0. The number of anilines is 1. The molecule has 0 amide bonds. The monoisotopic (exact) mass is 331 g/mol. The maximum atomic E-state index is 11.4. The molecule has 1 unspecified atom stereocenters. The first-order valence-electron chi connectivity index (χ1n) is 6.09. The van der Waals surface area contributed by atoms with E-state index in [1.54, 1.807) is 4.57 Å². The van der Waals surface area contributed by atoms with Crippen LogP contribution in [-0.4, -0.2) is 47.9 Å². The van der Waals surface area contributed by atoms with Gasteiger partial charge in [0, 0.05) is 0 Å². The molecule has 2 aliphatic heterocycles. The Morgan fingerprint density at radius 2 is 2.14 bits per heavy atom. The number of ether oxygens (including phenoxy) is 1. The van der Waals surface area contributed by atoms with Crippen molar-refractivity contribution in [2.75, 3.05) is 11.6 Å². The number of nitrogens with two attached hydrogens (primary N) is 1. The van der Waals surface area contributed by atoms with Gasteiger partial charge in [-0.2, -0.15) is 4.21 Å². The minimum atomic E-state index is -1.80. The Morgan fingerprint density at radius 3 is 2.95 bits per heavy atom. The molecule has 4 heterocycles. The molecule has 0 bridgehead atoms. The number of alkyl halides is 1. The van der Waals surface area contributed by atoms with E-state index in [0.717, 1.165) is 0 Å². The molecule has 5 atom stereocenters. The van der Waals surface area contributed by atoms with E-state index < -0.39 is 35.9 Å². The van der Waals surface area contributed by atoms with Gasteiger partial charge in [-0.15, -0.1) is 11.6 Å². The second kappa shape index (κ2) is 4.85. The molecule has 21 heavy (non-hydrogen) atoms. The summed E-state index contributed by atoms with van der Waals surface area (Å²) >= 11 is 4.06. The zero-order chi connectivity index (χ0) is 14.6. The van der Waals surface area contributed by atoms with Crippen molar-refractivity contribution in [1.29, 1.82) is 0 Å². The highest BCUT2D eigenvalue weighted by Gasteiger charge is 2.53. The van der Waals surface area contributed by atoms with Crippen LogP contribution in [-0.2, 0) is 24.5 Å².